The van der Waals surface area contributed by atoms with Crippen LogP contribution in [-0.4, -0.2) is 18.3 Å². The average molecular weight is 213 g/mol. The molecule has 1 aromatic rings. The Kier molecular flexibility index (Phi) is 4.58. The molecule has 2 nitrogen and oxygen atoms in total. The molecular weight excluding hydrogens is 194 g/mol. The van der Waals surface area contributed by atoms with Crippen molar-refractivity contribution in [2.24, 2.45) is 11.7 Å². The zero-order chi connectivity index (χ0) is 10.6. The normalized spacial score (nSPS) is 15.4. The largest absolute Gasteiger partial charge is 0.396 e. The van der Waals surface area contributed by atoms with Crippen LogP contribution in [0.25, 0.3) is 0 Å². The zero-order valence-electron chi connectivity index (χ0n) is 8.86. The second-order valence-electron chi connectivity index (χ2n) is 3.87. The van der Waals surface area contributed by atoms with E-state index in [1.165, 1.54) is 9.75 Å². The van der Waals surface area contributed by atoms with Crippen LogP contribution in [0.1, 0.15) is 29.0 Å². The van der Waals surface area contributed by atoms with Gasteiger partial charge in [0, 0.05) is 16.4 Å². The average Bonchev–Trinajstić information content (AvgIpc) is 2.61. The molecule has 14 heavy (non-hydrogen) atoms. The van der Waals surface area contributed by atoms with Crippen LogP contribution in [0.5, 0.6) is 0 Å². The van der Waals surface area contributed by atoms with E-state index in [1.807, 2.05) is 11.3 Å². The molecule has 80 valence electrons. The third-order valence-electron chi connectivity index (χ3n) is 2.53. The predicted molar refractivity (Wildman–Crippen MR) is 61.7 cm³/mol. The van der Waals surface area contributed by atoms with Crippen LogP contribution >= 0.6 is 11.3 Å². The van der Waals surface area contributed by atoms with E-state index in [4.69, 9.17) is 10.8 Å². The van der Waals surface area contributed by atoms with Crippen molar-refractivity contribution in [2.45, 2.75) is 26.2 Å². The van der Waals surface area contributed by atoms with E-state index in [9.17, 15) is 0 Å². The van der Waals surface area contributed by atoms with Crippen LogP contribution < -0.4 is 5.73 Å². The van der Waals surface area contributed by atoms with Gasteiger partial charge in [0.25, 0.3) is 0 Å². The standard InChI is InChI=1S/C11H19NOS/c1-8(5-10(6-12)7-13)11-4-3-9(2)14-11/h3-4,8,10,13H,5-7,12H2,1-2H3. The first-order valence-corrected chi connectivity index (χ1v) is 5.86. The maximum atomic E-state index is 9.05. The lowest BCUT2D eigenvalue weighted by molar-refractivity contribution is 0.217. The maximum absolute atomic E-state index is 9.05. The molecule has 0 aliphatic heterocycles. The molecule has 3 heteroatoms. The fraction of sp³-hybridized carbons (Fsp3) is 0.636. The molecule has 0 amide bonds. The second-order valence-corrected chi connectivity index (χ2v) is 5.19. The fourth-order valence-electron chi connectivity index (χ4n) is 1.58. The molecule has 0 aromatic carbocycles. The Morgan fingerprint density at radius 2 is 2.21 bits per heavy atom. The van der Waals surface area contributed by atoms with Crippen LogP contribution in [0.4, 0.5) is 0 Å². The Bertz CT molecular complexity index is 268. The highest BCUT2D eigenvalue weighted by Gasteiger charge is 2.13. The lowest BCUT2D eigenvalue weighted by Gasteiger charge is -2.16. The third kappa shape index (κ3) is 3.08. The van der Waals surface area contributed by atoms with Gasteiger partial charge in [-0.15, -0.1) is 11.3 Å². The number of aliphatic hydroxyl groups is 1. The second kappa shape index (κ2) is 5.49. The number of rotatable bonds is 5. The first kappa shape index (κ1) is 11.7. The van der Waals surface area contributed by atoms with Gasteiger partial charge in [0.05, 0.1) is 0 Å². The van der Waals surface area contributed by atoms with Crippen molar-refractivity contribution >= 4 is 11.3 Å². The molecule has 0 aliphatic carbocycles. The summed E-state index contributed by atoms with van der Waals surface area (Å²) in [5.74, 6) is 0.752. The Hall–Kier alpha value is -0.380. The smallest absolute Gasteiger partial charge is 0.0471 e. The molecule has 2 atom stereocenters. The first-order valence-electron chi connectivity index (χ1n) is 5.04. The van der Waals surface area contributed by atoms with E-state index in [2.05, 4.69) is 26.0 Å². The highest BCUT2D eigenvalue weighted by atomic mass is 32.1. The summed E-state index contributed by atoms with van der Waals surface area (Å²) in [7, 11) is 0. The molecule has 0 saturated carbocycles. The minimum absolute atomic E-state index is 0.200. The van der Waals surface area contributed by atoms with Crippen molar-refractivity contribution in [2.75, 3.05) is 13.2 Å². The minimum Gasteiger partial charge on any atom is -0.396 e. The summed E-state index contributed by atoms with van der Waals surface area (Å²) in [4.78, 5) is 2.74. The Labute approximate surface area is 89.8 Å². The summed E-state index contributed by atoms with van der Waals surface area (Å²) in [6.07, 6.45) is 0.979. The van der Waals surface area contributed by atoms with Gasteiger partial charge in [-0.1, -0.05) is 6.92 Å². The summed E-state index contributed by atoms with van der Waals surface area (Å²) >= 11 is 1.84. The molecule has 1 rings (SSSR count). The van der Waals surface area contributed by atoms with Crippen molar-refractivity contribution in [3.63, 3.8) is 0 Å². The number of aliphatic hydroxyl groups excluding tert-OH is 1. The summed E-state index contributed by atoms with van der Waals surface area (Å²) in [5, 5.41) is 9.05. The van der Waals surface area contributed by atoms with E-state index in [1.54, 1.807) is 0 Å². The molecular formula is C11H19NOS. The molecule has 1 heterocycles. The van der Waals surface area contributed by atoms with Gasteiger partial charge in [0.1, 0.15) is 0 Å². The van der Waals surface area contributed by atoms with E-state index < -0.39 is 0 Å². The number of hydrogen-bond donors (Lipinski definition) is 2. The summed E-state index contributed by atoms with van der Waals surface area (Å²) in [5.41, 5.74) is 5.56. The monoisotopic (exact) mass is 213 g/mol. The summed E-state index contributed by atoms with van der Waals surface area (Å²) in [6, 6.07) is 4.32. The van der Waals surface area contributed by atoms with E-state index >= 15 is 0 Å². The number of nitrogens with two attached hydrogens (primary N) is 1. The van der Waals surface area contributed by atoms with E-state index in [-0.39, 0.29) is 12.5 Å². The SMILES string of the molecule is Cc1ccc(C(C)CC(CN)CO)s1. The minimum atomic E-state index is 0.200. The van der Waals surface area contributed by atoms with Crippen LogP contribution in [-0.2, 0) is 0 Å². The van der Waals surface area contributed by atoms with Gasteiger partial charge in [-0.3, -0.25) is 0 Å². The summed E-state index contributed by atoms with van der Waals surface area (Å²) < 4.78 is 0. The highest BCUT2D eigenvalue weighted by molar-refractivity contribution is 7.12. The van der Waals surface area contributed by atoms with Crippen LogP contribution in [0.3, 0.4) is 0 Å². The predicted octanol–water partition coefficient (Wildman–Crippen LogP) is 2.12. The number of thiophene rings is 1. The highest BCUT2D eigenvalue weighted by Crippen LogP contribution is 2.28. The molecule has 0 fully saturated rings. The molecule has 1 aromatic heterocycles. The topological polar surface area (TPSA) is 46.2 Å². The molecule has 0 spiro atoms. The van der Waals surface area contributed by atoms with Crippen LogP contribution in [0.15, 0.2) is 12.1 Å². The summed E-state index contributed by atoms with van der Waals surface area (Å²) in [6.45, 7) is 5.09. The van der Waals surface area contributed by atoms with Crippen LogP contribution in [0, 0.1) is 12.8 Å². The van der Waals surface area contributed by atoms with Crippen molar-refractivity contribution in [3.05, 3.63) is 21.9 Å². The maximum Gasteiger partial charge on any atom is 0.0471 e. The molecule has 0 saturated heterocycles. The fourth-order valence-corrected chi connectivity index (χ4v) is 2.52. The van der Waals surface area contributed by atoms with Gasteiger partial charge in [0.2, 0.25) is 0 Å². The van der Waals surface area contributed by atoms with Crippen molar-refractivity contribution in [1.82, 2.24) is 0 Å². The molecule has 0 aliphatic rings. The third-order valence-corrected chi connectivity index (χ3v) is 3.76. The molecule has 0 bridgehead atoms. The molecule has 0 radical (unpaired) electrons. The first-order chi connectivity index (χ1) is 6.67. The Balaban J connectivity index is 2.53. The van der Waals surface area contributed by atoms with Crippen molar-refractivity contribution < 1.29 is 5.11 Å². The van der Waals surface area contributed by atoms with E-state index in [0.717, 1.165) is 6.42 Å². The number of aryl methyl sites for hydroxylation is 1. The van der Waals surface area contributed by atoms with Gasteiger partial charge >= 0.3 is 0 Å². The number of hydrogen-bond acceptors (Lipinski definition) is 3. The van der Waals surface area contributed by atoms with Crippen molar-refractivity contribution in [3.8, 4) is 0 Å². The quantitative estimate of drug-likeness (QED) is 0.787. The Morgan fingerprint density at radius 3 is 2.64 bits per heavy atom. The Morgan fingerprint density at radius 1 is 1.50 bits per heavy atom. The van der Waals surface area contributed by atoms with Gasteiger partial charge < -0.3 is 10.8 Å². The van der Waals surface area contributed by atoms with Gasteiger partial charge in [-0.05, 0) is 43.9 Å². The molecule has 2 unspecified atom stereocenters. The lowest BCUT2D eigenvalue weighted by Crippen LogP contribution is -2.19. The van der Waals surface area contributed by atoms with E-state index in [0.29, 0.717) is 12.5 Å². The van der Waals surface area contributed by atoms with Gasteiger partial charge in [-0.25, -0.2) is 0 Å². The molecule has 3 N–H and O–H groups in total. The zero-order valence-corrected chi connectivity index (χ0v) is 9.68. The lowest BCUT2D eigenvalue weighted by atomic mass is 9.95. The van der Waals surface area contributed by atoms with Crippen LogP contribution in [0.2, 0.25) is 0 Å². The van der Waals surface area contributed by atoms with Gasteiger partial charge in [-0.2, -0.15) is 0 Å². The van der Waals surface area contributed by atoms with Crippen molar-refractivity contribution in [1.29, 1.82) is 0 Å². The van der Waals surface area contributed by atoms with Gasteiger partial charge in [0.15, 0.2) is 0 Å².